The Morgan fingerprint density at radius 2 is 1.00 bits per heavy atom. The highest BCUT2D eigenvalue weighted by Crippen LogP contribution is 2.40. The summed E-state index contributed by atoms with van der Waals surface area (Å²) in [5.74, 6) is 0. The van der Waals surface area contributed by atoms with Crippen LogP contribution in [0.25, 0.3) is 44.8 Å². The minimum Gasteiger partial charge on any atom is -0.0801 e. The molecule has 4 aromatic carbocycles. The van der Waals surface area contributed by atoms with Crippen LogP contribution in [0, 0.1) is 6.92 Å². The average Bonchev–Trinajstić information content (AvgIpc) is 3.48. The highest BCUT2D eigenvalue weighted by molar-refractivity contribution is 6.15. The third-order valence-corrected chi connectivity index (χ3v) is 7.25. The average molecular weight is 587 g/mol. The van der Waals surface area contributed by atoms with Crippen molar-refractivity contribution >= 4 is 44.8 Å². The van der Waals surface area contributed by atoms with Gasteiger partial charge in [0.15, 0.2) is 0 Å². The van der Waals surface area contributed by atoms with Gasteiger partial charge in [-0.15, -0.1) is 0 Å². The lowest BCUT2D eigenvalue weighted by atomic mass is 9.87. The topological polar surface area (TPSA) is 0 Å². The normalized spacial score (nSPS) is 12.6. The number of rotatable bonds is 2. The van der Waals surface area contributed by atoms with Gasteiger partial charge in [-0.25, -0.2) is 0 Å². The van der Waals surface area contributed by atoms with E-state index in [-0.39, 0.29) is 0 Å². The summed E-state index contributed by atoms with van der Waals surface area (Å²) in [4.78, 5) is 0. The van der Waals surface area contributed by atoms with Crippen molar-refractivity contribution < 1.29 is 0 Å². The first-order valence-electron chi connectivity index (χ1n) is 17.2. The molecule has 0 radical (unpaired) electrons. The van der Waals surface area contributed by atoms with Gasteiger partial charge in [-0.2, -0.15) is 0 Å². The van der Waals surface area contributed by atoms with Gasteiger partial charge in [0, 0.05) is 0 Å². The fraction of sp³-hybridized carbons (Fsp3) is 0.318. The van der Waals surface area contributed by atoms with Crippen LogP contribution in [0.4, 0.5) is 0 Å². The molecule has 0 bridgehead atoms. The summed E-state index contributed by atoms with van der Waals surface area (Å²) in [7, 11) is 0. The SMILES string of the molecule is CC.CC.CC.CC.CC.CC1=C(c2ccccc2C)C=CCC=C1c1ccc2c3c(c4ccccc4c2c1)C=CCC=C3. The Bertz CT molecular complexity index is 1600. The summed E-state index contributed by atoms with van der Waals surface area (Å²) in [5, 5.41) is 5.31. The van der Waals surface area contributed by atoms with Crippen LogP contribution < -0.4 is 0 Å². The molecule has 0 heteroatoms. The molecule has 44 heavy (non-hydrogen) atoms. The van der Waals surface area contributed by atoms with Crippen LogP contribution in [0.5, 0.6) is 0 Å². The molecule has 6 rings (SSSR count). The van der Waals surface area contributed by atoms with Gasteiger partial charge in [0.1, 0.15) is 0 Å². The van der Waals surface area contributed by atoms with Crippen molar-refractivity contribution in [2.45, 2.75) is 95.9 Å². The lowest BCUT2D eigenvalue weighted by molar-refractivity contribution is 1.40. The molecule has 0 heterocycles. The summed E-state index contributed by atoms with van der Waals surface area (Å²) >= 11 is 0. The molecule has 0 unspecified atom stereocenters. The van der Waals surface area contributed by atoms with E-state index in [0.717, 1.165) is 12.8 Å². The quantitative estimate of drug-likeness (QED) is 0.205. The van der Waals surface area contributed by atoms with Gasteiger partial charge in [-0.3, -0.25) is 0 Å². The number of aryl methyl sites for hydroxylation is 1. The van der Waals surface area contributed by atoms with E-state index in [1.807, 2.05) is 69.2 Å². The van der Waals surface area contributed by atoms with Gasteiger partial charge in [0.25, 0.3) is 0 Å². The van der Waals surface area contributed by atoms with Crippen LogP contribution in [0.1, 0.15) is 117 Å². The summed E-state index contributed by atoms with van der Waals surface area (Å²) in [6, 6.07) is 24.6. The molecular formula is C44H58. The van der Waals surface area contributed by atoms with E-state index in [2.05, 4.69) is 123 Å². The van der Waals surface area contributed by atoms with Gasteiger partial charge in [-0.1, -0.05) is 172 Å². The second-order valence-electron chi connectivity index (χ2n) is 9.28. The van der Waals surface area contributed by atoms with Crippen molar-refractivity contribution in [3.63, 3.8) is 0 Å². The maximum absolute atomic E-state index is 2.41. The van der Waals surface area contributed by atoms with E-state index in [4.69, 9.17) is 0 Å². The molecule has 0 amide bonds. The Morgan fingerprint density at radius 3 is 1.61 bits per heavy atom. The van der Waals surface area contributed by atoms with Gasteiger partial charge in [0.05, 0.1) is 0 Å². The maximum Gasteiger partial charge on any atom is -0.00928 e. The van der Waals surface area contributed by atoms with Crippen molar-refractivity contribution in [1.29, 1.82) is 0 Å². The summed E-state index contributed by atoms with van der Waals surface area (Å²) in [6.45, 7) is 24.5. The second kappa shape index (κ2) is 20.9. The minimum absolute atomic E-state index is 0.943. The van der Waals surface area contributed by atoms with Crippen LogP contribution in [0.3, 0.4) is 0 Å². The monoisotopic (exact) mass is 586 g/mol. The van der Waals surface area contributed by atoms with Gasteiger partial charge < -0.3 is 0 Å². The van der Waals surface area contributed by atoms with E-state index in [1.54, 1.807) is 0 Å². The molecule has 0 fully saturated rings. The van der Waals surface area contributed by atoms with Crippen LogP contribution in [0.15, 0.2) is 103 Å². The van der Waals surface area contributed by atoms with Gasteiger partial charge in [0.2, 0.25) is 0 Å². The van der Waals surface area contributed by atoms with E-state index in [9.17, 15) is 0 Å². The van der Waals surface area contributed by atoms with Gasteiger partial charge in [-0.05, 0) is 98.8 Å². The summed E-state index contributed by atoms with van der Waals surface area (Å²) in [5.41, 5.74) is 10.6. The zero-order valence-corrected chi connectivity index (χ0v) is 29.8. The molecule has 4 aromatic rings. The first-order chi connectivity index (χ1) is 21.7. The molecular weight excluding hydrogens is 528 g/mol. The third kappa shape index (κ3) is 8.60. The Hall–Kier alpha value is -3.90. The van der Waals surface area contributed by atoms with E-state index >= 15 is 0 Å². The van der Waals surface area contributed by atoms with Crippen molar-refractivity contribution in [3.05, 3.63) is 131 Å². The number of hydrogen-bond acceptors (Lipinski definition) is 0. The van der Waals surface area contributed by atoms with E-state index in [0.29, 0.717) is 0 Å². The van der Waals surface area contributed by atoms with E-state index < -0.39 is 0 Å². The predicted molar refractivity (Wildman–Crippen MR) is 206 cm³/mol. The van der Waals surface area contributed by atoms with Gasteiger partial charge >= 0.3 is 0 Å². The molecule has 0 N–H and O–H groups in total. The number of allylic oxidation sites excluding steroid dienone is 8. The van der Waals surface area contributed by atoms with Crippen molar-refractivity contribution in [2.24, 2.45) is 0 Å². The first kappa shape index (κ1) is 38.1. The highest BCUT2D eigenvalue weighted by atomic mass is 14.2. The third-order valence-electron chi connectivity index (χ3n) is 7.25. The van der Waals surface area contributed by atoms with Crippen LogP contribution in [0.2, 0.25) is 0 Å². The molecule has 0 atom stereocenters. The Balaban J connectivity index is 0.000000884. The van der Waals surface area contributed by atoms with Crippen LogP contribution in [-0.4, -0.2) is 0 Å². The van der Waals surface area contributed by atoms with Crippen molar-refractivity contribution in [1.82, 2.24) is 0 Å². The lowest BCUT2D eigenvalue weighted by Crippen LogP contribution is -1.95. The standard InChI is InChI=1S/C34H28.5C2H6/c1-23-12-6-7-13-26(23)28-15-9-8-14-27(24(28)2)25-20-21-33-31-17-5-3-4-16-29(31)30-18-10-11-19-32(30)34(33)22-25;5*1-2/h4-7,9-22H,3,8H2,1-2H3;5*1-2H3. The fourth-order valence-corrected chi connectivity index (χ4v) is 5.52. The Morgan fingerprint density at radius 1 is 0.477 bits per heavy atom. The predicted octanol–water partition coefficient (Wildman–Crippen LogP) is 14.7. The summed E-state index contributed by atoms with van der Waals surface area (Å²) in [6.07, 6.45) is 18.0. The zero-order chi connectivity index (χ0) is 33.1. The summed E-state index contributed by atoms with van der Waals surface area (Å²) < 4.78 is 0. The molecule has 0 aliphatic heterocycles. The van der Waals surface area contributed by atoms with Crippen molar-refractivity contribution in [3.8, 4) is 0 Å². The molecule has 0 spiro atoms. The fourth-order valence-electron chi connectivity index (χ4n) is 5.52. The molecule has 0 nitrogen and oxygen atoms in total. The number of benzene rings is 4. The number of fused-ring (bicyclic) bond motifs is 6. The molecule has 0 aromatic heterocycles. The smallest absolute Gasteiger partial charge is 0.00928 e. The Kier molecular flexibility index (Phi) is 18.1. The molecule has 2 aliphatic carbocycles. The van der Waals surface area contributed by atoms with Crippen LogP contribution >= 0.6 is 0 Å². The molecule has 234 valence electrons. The zero-order valence-electron chi connectivity index (χ0n) is 29.8. The largest absolute Gasteiger partial charge is 0.0801 e. The molecule has 2 aliphatic rings. The molecule has 0 saturated heterocycles. The van der Waals surface area contributed by atoms with E-state index in [1.165, 1.54) is 66.1 Å². The minimum atomic E-state index is 0.943. The highest BCUT2D eigenvalue weighted by Gasteiger charge is 2.16. The second-order valence-corrected chi connectivity index (χ2v) is 9.28. The number of hydrogen-bond donors (Lipinski definition) is 0. The first-order valence-corrected chi connectivity index (χ1v) is 17.2. The molecule has 0 saturated carbocycles. The maximum atomic E-state index is 2.41. The van der Waals surface area contributed by atoms with Crippen molar-refractivity contribution in [2.75, 3.05) is 0 Å². The lowest BCUT2D eigenvalue weighted by Gasteiger charge is -2.17. The Labute approximate surface area is 270 Å². The van der Waals surface area contributed by atoms with Crippen LogP contribution in [-0.2, 0) is 0 Å².